The lowest BCUT2D eigenvalue weighted by atomic mass is 9.81. The number of sulfonamides is 1. The van der Waals surface area contributed by atoms with Crippen molar-refractivity contribution in [3.8, 4) is 0 Å². The lowest BCUT2D eigenvalue weighted by molar-refractivity contribution is 0.123. The van der Waals surface area contributed by atoms with Gasteiger partial charge in [0.2, 0.25) is 10.0 Å². The summed E-state index contributed by atoms with van der Waals surface area (Å²) < 4.78 is 30.9. The zero-order valence-electron chi connectivity index (χ0n) is 12.4. The van der Waals surface area contributed by atoms with Crippen molar-refractivity contribution in [1.82, 2.24) is 14.5 Å². The number of nitrogens with zero attached hydrogens (tertiary/aromatic N) is 2. The predicted molar refractivity (Wildman–Crippen MR) is 77.4 cm³/mol. The molecule has 3 saturated heterocycles. The Balaban J connectivity index is 1.68. The Bertz CT molecular complexity index is 518. The van der Waals surface area contributed by atoms with Crippen molar-refractivity contribution in [2.24, 2.45) is 11.3 Å². The maximum absolute atomic E-state index is 12.5. The number of hydrogen-bond donors (Lipinski definition) is 1. The van der Waals surface area contributed by atoms with Gasteiger partial charge in [0.05, 0.1) is 19.5 Å². The number of fused-ring (bicyclic) bond motifs is 1. The van der Waals surface area contributed by atoms with Gasteiger partial charge >= 0.3 is 6.03 Å². The summed E-state index contributed by atoms with van der Waals surface area (Å²) in [6.45, 7) is 4.39. The number of likely N-dealkylation sites (tertiary alicyclic amines) is 2. The zero-order valence-corrected chi connectivity index (χ0v) is 13.2. The van der Waals surface area contributed by atoms with Crippen LogP contribution in [0, 0.1) is 11.3 Å². The van der Waals surface area contributed by atoms with Gasteiger partial charge in [0.25, 0.3) is 0 Å². The Kier molecular flexibility index (Phi) is 3.87. The fourth-order valence-corrected chi connectivity index (χ4v) is 4.16. The highest BCUT2D eigenvalue weighted by Crippen LogP contribution is 2.41. The van der Waals surface area contributed by atoms with E-state index in [9.17, 15) is 13.2 Å². The summed E-state index contributed by atoms with van der Waals surface area (Å²) >= 11 is 0. The van der Waals surface area contributed by atoms with E-state index in [1.165, 1.54) is 0 Å². The molecule has 8 heteroatoms. The monoisotopic (exact) mass is 317 g/mol. The van der Waals surface area contributed by atoms with E-state index in [1.54, 1.807) is 0 Å². The van der Waals surface area contributed by atoms with Crippen molar-refractivity contribution in [1.29, 1.82) is 0 Å². The van der Waals surface area contributed by atoms with Crippen LogP contribution in [0.15, 0.2) is 0 Å². The van der Waals surface area contributed by atoms with E-state index in [0.29, 0.717) is 32.8 Å². The number of rotatable bonds is 3. The van der Waals surface area contributed by atoms with Gasteiger partial charge < -0.3 is 14.5 Å². The highest BCUT2D eigenvalue weighted by atomic mass is 32.2. The fourth-order valence-electron chi connectivity index (χ4n) is 3.61. The molecule has 0 aliphatic carbocycles. The van der Waals surface area contributed by atoms with E-state index in [1.807, 2.05) is 9.80 Å². The van der Waals surface area contributed by atoms with Crippen molar-refractivity contribution >= 4 is 16.1 Å². The first-order chi connectivity index (χ1) is 9.90. The van der Waals surface area contributed by atoms with Gasteiger partial charge in [-0.3, -0.25) is 0 Å². The van der Waals surface area contributed by atoms with Crippen LogP contribution in [0.2, 0.25) is 0 Å². The molecular formula is C13H23N3O4S. The van der Waals surface area contributed by atoms with Crippen molar-refractivity contribution in [3.05, 3.63) is 0 Å². The van der Waals surface area contributed by atoms with Crippen molar-refractivity contribution in [2.45, 2.75) is 12.8 Å². The normalized spacial score (nSPS) is 32.7. The summed E-state index contributed by atoms with van der Waals surface area (Å²) in [4.78, 5) is 16.3. The second kappa shape index (κ2) is 5.40. The lowest BCUT2D eigenvalue weighted by Gasteiger charge is -2.28. The van der Waals surface area contributed by atoms with Gasteiger partial charge in [-0.05, 0) is 12.8 Å². The van der Waals surface area contributed by atoms with Crippen molar-refractivity contribution in [2.75, 3.05) is 52.2 Å². The van der Waals surface area contributed by atoms with Gasteiger partial charge in [-0.2, -0.15) is 0 Å². The molecule has 0 spiro atoms. The Morgan fingerprint density at radius 2 is 2.05 bits per heavy atom. The van der Waals surface area contributed by atoms with Crippen LogP contribution < -0.4 is 4.72 Å². The molecule has 0 aromatic rings. The fraction of sp³-hybridized carbons (Fsp3) is 0.923. The molecule has 7 nitrogen and oxygen atoms in total. The number of ether oxygens (including phenoxy) is 1. The van der Waals surface area contributed by atoms with Crippen molar-refractivity contribution in [3.63, 3.8) is 0 Å². The summed E-state index contributed by atoms with van der Waals surface area (Å²) in [6, 6.07) is 0.0978. The highest BCUT2D eigenvalue weighted by Gasteiger charge is 2.52. The van der Waals surface area contributed by atoms with E-state index in [0.717, 1.165) is 32.2 Å². The van der Waals surface area contributed by atoms with Gasteiger partial charge in [-0.25, -0.2) is 17.9 Å². The second-order valence-corrected chi connectivity index (χ2v) is 8.36. The van der Waals surface area contributed by atoms with E-state index in [-0.39, 0.29) is 17.4 Å². The Morgan fingerprint density at radius 3 is 2.71 bits per heavy atom. The van der Waals surface area contributed by atoms with Crippen LogP contribution >= 0.6 is 0 Å². The van der Waals surface area contributed by atoms with E-state index >= 15 is 0 Å². The minimum absolute atomic E-state index is 0.0978. The van der Waals surface area contributed by atoms with E-state index in [2.05, 4.69) is 4.72 Å². The average Bonchev–Trinajstić information content (AvgIpc) is 3.10. The zero-order chi connectivity index (χ0) is 15.1. The van der Waals surface area contributed by atoms with Gasteiger partial charge in [0.15, 0.2) is 0 Å². The molecular weight excluding hydrogens is 294 g/mol. The summed E-state index contributed by atoms with van der Waals surface area (Å²) in [5, 5.41) is 0. The molecule has 3 aliphatic heterocycles. The number of carbonyl (C=O) groups is 1. The maximum Gasteiger partial charge on any atom is 0.320 e. The quantitative estimate of drug-likeness (QED) is 0.775. The molecule has 0 unspecified atom stereocenters. The Hall–Kier alpha value is -0.860. The lowest BCUT2D eigenvalue weighted by Crippen LogP contribution is -2.45. The minimum atomic E-state index is -3.23. The number of carbonyl (C=O) groups excluding carboxylic acids is 1. The van der Waals surface area contributed by atoms with Crippen LogP contribution in [0.25, 0.3) is 0 Å². The molecule has 3 heterocycles. The van der Waals surface area contributed by atoms with Gasteiger partial charge in [-0.15, -0.1) is 0 Å². The molecule has 2 amide bonds. The molecule has 1 N–H and O–H groups in total. The average molecular weight is 317 g/mol. The molecule has 0 bridgehead atoms. The summed E-state index contributed by atoms with van der Waals surface area (Å²) in [6.07, 6.45) is 3.32. The summed E-state index contributed by atoms with van der Waals surface area (Å²) in [5.41, 5.74) is -0.265. The number of hydrogen-bond acceptors (Lipinski definition) is 4. The molecule has 0 radical (unpaired) electrons. The first-order valence-electron chi connectivity index (χ1n) is 7.46. The predicted octanol–water partition coefficient (Wildman–Crippen LogP) is -0.300. The summed E-state index contributed by atoms with van der Waals surface area (Å²) in [5.74, 6) is 0.221. The molecule has 3 fully saturated rings. The first kappa shape index (κ1) is 15.1. The van der Waals surface area contributed by atoms with Crippen LogP contribution in [-0.2, 0) is 14.8 Å². The van der Waals surface area contributed by atoms with E-state index < -0.39 is 10.0 Å². The molecule has 2 atom stereocenters. The topological polar surface area (TPSA) is 79.0 Å². The SMILES string of the molecule is CS(=O)(=O)NC[C@@]12COC[C@@H]1CN(C(=O)N1CCCC1)C2. The van der Waals surface area contributed by atoms with Gasteiger partial charge in [-0.1, -0.05) is 0 Å². The van der Waals surface area contributed by atoms with Crippen LogP contribution in [0.4, 0.5) is 4.79 Å². The Labute approximate surface area is 125 Å². The number of urea groups is 1. The van der Waals surface area contributed by atoms with Crippen LogP contribution in [0.3, 0.4) is 0 Å². The maximum atomic E-state index is 12.5. The molecule has 0 saturated carbocycles. The molecule has 21 heavy (non-hydrogen) atoms. The van der Waals surface area contributed by atoms with Gasteiger partial charge in [0.1, 0.15) is 0 Å². The third-order valence-corrected chi connectivity index (χ3v) is 5.52. The Morgan fingerprint density at radius 1 is 1.33 bits per heavy atom. The third-order valence-electron chi connectivity index (χ3n) is 4.85. The molecule has 0 aromatic heterocycles. The minimum Gasteiger partial charge on any atom is -0.380 e. The van der Waals surface area contributed by atoms with Crippen molar-refractivity contribution < 1.29 is 17.9 Å². The first-order valence-corrected chi connectivity index (χ1v) is 9.35. The largest absolute Gasteiger partial charge is 0.380 e. The van der Waals surface area contributed by atoms with Crippen LogP contribution in [0.5, 0.6) is 0 Å². The van der Waals surface area contributed by atoms with Gasteiger partial charge in [0, 0.05) is 44.1 Å². The number of nitrogens with one attached hydrogen (secondary N) is 1. The van der Waals surface area contributed by atoms with E-state index in [4.69, 9.17) is 4.74 Å². The van der Waals surface area contributed by atoms with Crippen LogP contribution in [0.1, 0.15) is 12.8 Å². The molecule has 3 aliphatic rings. The highest BCUT2D eigenvalue weighted by molar-refractivity contribution is 7.88. The second-order valence-electron chi connectivity index (χ2n) is 6.52. The smallest absolute Gasteiger partial charge is 0.320 e. The summed E-state index contributed by atoms with van der Waals surface area (Å²) in [7, 11) is -3.23. The number of amides is 2. The molecule has 3 rings (SSSR count). The molecule has 120 valence electrons. The molecule has 0 aromatic carbocycles. The standard InChI is InChI=1S/C13H23N3O4S/c1-21(18,19)14-8-13-9-16(6-11(13)7-20-10-13)12(17)15-4-2-3-5-15/h11,14H,2-10H2,1H3/t11-,13+/m0/s1. The third kappa shape index (κ3) is 3.02. The van der Waals surface area contributed by atoms with Crippen LogP contribution in [-0.4, -0.2) is 76.4 Å².